The van der Waals surface area contributed by atoms with E-state index in [0.717, 1.165) is 16.7 Å². The van der Waals surface area contributed by atoms with E-state index in [-0.39, 0.29) is 12.2 Å². The van der Waals surface area contributed by atoms with E-state index in [4.69, 9.17) is 0 Å². The SMILES string of the molecule is Cc1ccc2c(c1)C#CCC(F)=C2. The number of benzene rings is 1. The van der Waals surface area contributed by atoms with Gasteiger partial charge >= 0.3 is 0 Å². The van der Waals surface area contributed by atoms with Crippen LogP contribution in [0.1, 0.15) is 23.1 Å². The van der Waals surface area contributed by atoms with Crippen LogP contribution in [0.2, 0.25) is 0 Å². The third kappa shape index (κ3) is 1.62. The summed E-state index contributed by atoms with van der Waals surface area (Å²) in [6.07, 6.45) is 1.77. The highest BCUT2D eigenvalue weighted by atomic mass is 19.1. The fraction of sp³-hybridized carbons (Fsp3) is 0.167. The Kier molecular flexibility index (Phi) is 1.90. The maximum absolute atomic E-state index is 13.0. The maximum atomic E-state index is 13.0. The van der Waals surface area contributed by atoms with Crippen molar-refractivity contribution in [2.24, 2.45) is 0 Å². The second-order valence-electron chi connectivity index (χ2n) is 3.16. The molecule has 1 aromatic carbocycles. The summed E-state index contributed by atoms with van der Waals surface area (Å²) in [5.41, 5.74) is 2.96. The number of allylic oxidation sites excluding steroid dienone is 1. The molecule has 0 heterocycles. The highest BCUT2D eigenvalue weighted by molar-refractivity contribution is 5.63. The molecule has 0 aliphatic heterocycles. The second kappa shape index (κ2) is 3.06. The third-order valence-corrected chi connectivity index (χ3v) is 2.00. The lowest BCUT2D eigenvalue weighted by atomic mass is 10.1. The van der Waals surface area contributed by atoms with Gasteiger partial charge in [-0.3, -0.25) is 0 Å². The maximum Gasteiger partial charge on any atom is 0.112 e. The summed E-state index contributed by atoms with van der Waals surface area (Å²) in [7, 11) is 0. The predicted molar refractivity (Wildman–Crippen MR) is 51.8 cm³/mol. The minimum absolute atomic E-state index is 0.157. The molecule has 1 aliphatic carbocycles. The first-order chi connectivity index (χ1) is 6.25. The lowest BCUT2D eigenvalue weighted by Crippen LogP contribution is -1.82. The van der Waals surface area contributed by atoms with Crippen LogP contribution in [0.3, 0.4) is 0 Å². The quantitative estimate of drug-likeness (QED) is 0.527. The monoisotopic (exact) mass is 172 g/mol. The summed E-state index contributed by atoms with van der Waals surface area (Å²) in [4.78, 5) is 0. The van der Waals surface area contributed by atoms with Gasteiger partial charge < -0.3 is 0 Å². The molecule has 0 amide bonds. The van der Waals surface area contributed by atoms with Gasteiger partial charge in [-0.15, -0.1) is 0 Å². The second-order valence-corrected chi connectivity index (χ2v) is 3.16. The molecule has 1 aromatic rings. The normalized spacial score (nSPS) is 13.5. The summed E-state index contributed by atoms with van der Waals surface area (Å²) >= 11 is 0. The van der Waals surface area contributed by atoms with Crippen molar-refractivity contribution in [2.45, 2.75) is 13.3 Å². The van der Waals surface area contributed by atoms with Crippen LogP contribution < -0.4 is 0 Å². The average Bonchev–Trinajstić information content (AvgIpc) is 2.25. The van der Waals surface area contributed by atoms with Gasteiger partial charge in [0.25, 0.3) is 0 Å². The molecule has 0 saturated heterocycles. The van der Waals surface area contributed by atoms with Crippen LogP contribution in [0.4, 0.5) is 4.39 Å². The number of aryl methyl sites for hydroxylation is 1. The lowest BCUT2D eigenvalue weighted by Gasteiger charge is -1.99. The van der Waals surface area contributed by atoms with Crippen LogP contribution in [-0.2, 0) is 0 Å². The number of rotatable bonds is 0. The first-order valence-electron chi connectivity index (χ1n) is 4.21. The molecule has 0 radical (unpaired) electrons. The fourth-order valence-electron chi connectivity index (χ4n) is 1.35. The highest BCUT2D eigenvalue weighted by Crippen LogP contribution is 2.18. The van der Waals surface area contributed by atoms with Crippen LogP contribution in [0.5, 0.6) is 0 Å². The van der Waals surface area contributed by atoms with Crippen LogP contribution >= 0.6 is 0 Å². The molecule has 64 valence electrons. The zero-order valence-corrected chi connectivity index (χ0v) is 7.39. The van der Waals surface area contributed by atoms with E-state index < -0.39 is 0 Å². The van der Waals surface area contributed by atoms with Gasteiger partial charge in [-0.05, 0) is 30.2 Å². The molecular weight excluding hydrogens is 163 g/mol. The van der Waals surface area contributed by atoms with Gasteiger partial charge in [0.15, 0.2) is 0 Å². The topological polar surface area (TPSA) is 0 Å². The molecule has 0 fully saturated rings. The predicted octanol–water partition coefficient (Wildman–Crippen LogP) is 3.06. The van der Waals surface area contributed by atoms with Crippen molar-refractivity contribution in [1.82, 2.24) is 0 Å². The van der Waals surface area contributed by atoms with Crippen molar-refractivity contribution in [1.29, 1.82) is 0 Å². The minimum atomic E-state index is -0.157. The Balaban J connectivity index is 2.62. The van der Waals surface area contributed by atoms with E-state index in [1.54, 1.807) is 6.08 Å². The molecule has 1 aliphatic rings. The Morgan fingerprint density at radius 3 is 3.08 bits per heavy atom. The smallest absolute Gasteiger partial charge is 0.112 e. The molecular formula is C12H9F. The lowest BCUT2D eigenvalue weighted by molar-refractivity contribution is 0.630. The molecule has 0 spiro atoms. The standard InChI is InChI=1S/C12H9F/c1-9-5-6-11-8-12(13)4-2-3-10(11)7-9/h5-8H,4H2,1H3. The van der Waals surface area contributed by atoms with Gasteiger partial charge in [-0.25, -0.2) is 4.39 Å². The van der Waals surface area contributed by atoms with Gasteiger partial charge in [0.05, 0.1) is 6.42 Å². The zero-order chi connectivity index (χ0) is 9.26. The summed E-state index contributed by atoms with van der Waals surface area (Å²) in [5, 5.41) is 0. The molecule has 2 rings (SSSR count). The van der Waals surface area contributed by atoms with Crippen LogP contribution in [-0.4, -0.2) is 0 Å². The number of halogens is 1. The summed E-state index contributed by atoms with van der Waals surface area (Å²) < 4.78 is 13.0. The fourth-order valence-corrected chi connectivity index (χ4v) is 1.35. The molecule has 13 heavy (non-hydrogen) atoms. The van der Waals surface area contributed by atoms with Crippen molar-refractivity contribution < 1.29 is 4.39 Å². The first-order valence-corrected chi connectivity index (χ1v) is 4.21. The summed E-state index contributed by atoms with van der Waals surface area (Å²) in [6, 6.07) is 5.86. The molecule has 0 unspecified atom stereocenters. The Morgan fingerprint density at radius 2 is 2.23 bits per heavy atom. The number of hydrogen-bond acceptors (Lipinski definition) is 0. The Labute approximate surface area is 77.1 Å². The van der Waals surface area contributed by atoms with Crippen molar-refractivity contribution in [2.75, 3.05) is 0 Å². The van der Waals surface area contributed by atoms with Crippen LogP contribution in [0, 0.1) is 18.8 Å². The minimum Gasteiger partial charge on any atom is -0.211 e. The molecule has 0 saturated carbocycles. The molecule has 1 heteroatoms. The van der Waals surface area contributed by atoms with Gasteiger partial charge in [0.1, 0.15) is 5.83 Å². The van der Waals surface area contributed by atoms with E-state index in [1.807, 2.05) is 25.1 Å². The van der Waals surface area contributed by atoms with Gasteiger partial charge in [0, 0.05) is 5.56 Å². The van der Waals surface area contributed by atoms with Crippen LogP contribution in [0.25, 0.3) is 6.08 Å². The van der Waals surface area contributed by atoms with Crippen LogP contribution in [0.15, 0.2) is 24.0 Å². The summed E-state index contributed by atoms with van der Waals surface area (Å²) in [5.74, 6) is 5.58. The largest absolute Gasteiger partial charge is 0.211 e. The molecule has 0 atom stereocenters. The van der Waals surface area contributed by atoms with E-state index in [1.165, 1.54) is 0 Å². The average molecular weight is 172 g/mol. The number of fused-ring (bicyclic) bond motifs is 1. The van der Waals surface area contributed by atoms with Crippen molar-refractivity contribution in [3.05, 3.63) is 40.7 Å². The van der Waals surface area contributed by atoms with Gasteiger partial charge in [-0.2, -0.15) is 0 Å². The summed E-state index contributed by atoms with van der Waals surface area (Å²) in [6.45, 7) is 2.01. The van der Waals surface area contributed by atoms with Crippen molar-refractivity contribution >= 4 is 6.08 Å². The van der Waals surface area contributed by atoms with Gasteiger partial charge in [0.2, 0.25) is 0 Å². The van der Waals surface area contributed by atoms with E-state index in [9.17, 15) is 4.39 Å². The number of hydrogen-bond donors (Lipinski definition) is 0. The van der Waals surface area contributed by atoms with E-state index in [2.05, 4.69) is 11.8 Å². The van der Waals surface area contributed by atoms with Gasteiger partial charge in [-0.1, -0.05) is 24.0 Å². The van der Waals surface area contributed by atoms with Crippen molar-refractivity contribution in [3.63, 3.8) is 0 Å². The Morgan fingerprint density at radius 1 is 1.38 bits per heavy atom. The molecule has 0 bridgehead atoms. The molecule has 0 aromatic heterocycles. The highest BCUT2D eigenvalue weighted by Gasteiger charge is 2.02. The van der Waals surface area contributed by atoms with E-state index in [0.29, 0.717) is 0 Å². The third-order valence-electron chi connectivity index (χ3n) is 2.00. The van der Waals surface area contributed by atoms with Crippen molar-refractivity contribution in [3.8, 4) is 11.8 Å². The zero-order valence-electron chi connectivity index (χ0n) is 7.39. The van der Waals surface area contributed by atoms with E-state index >= 15 is 0 Å². The molecule has 0 N–H and O–H groups in total. The Hall–Kier alpha value is -1.55. The Bertz CT molecular complexity index is 430. The molecule has 0 nitrogen and oxygen atoms in total. The first kappa shape index (κ1) is 8.07.